The maximum absolute atomic E-state index is 12.7. The Morgan fingerprint density at radius 3 is 2.93 bits per heavy atom. The molecule has 0 radical (unpaired) electrons. The van der Waals surface area contributed by atoms with E-state index in [9.17, 15) is 14.4 Å². The molecule has 1 saturated heterocycles. The molecule has 29 heavy (non-hydrogen) atoms. The van der Waals surface area contributed by atoms with Crippen molar-refractivity contribution >= 4 is 29.4 Å². The third kappa shape index (κ3) is 3.94. The highest BCUT2D eigenvalue weighted by molar-refractivity contribution is 6.04. The Morgan fingerprint density at radius 1 is 1.34 bits per heavy atom. The number of urea groups is 1. The molecule has 9 nitrogen and oxygen atoms in total. The molecule has 1 aromatic carbocycles. The number of aryl methyl sites for hydroxylation is 1. The van der Waals surface area contributed by atoms with Crippen LogP contribution in [0.25, 0.3) is 0 Å². The lowest BCUT2D eigenvalue weighted by atomic mass is 10.1. The lowest BCUT2D eigenvalue weighted by molar-refractivity contribution is -0.132. The molecule has 0 unspecified atom stereocenters. The molecule has 0 bridgehead atoms. The average Bonchev–Trinajstić information content (AvgIpc) is 3.28. The highest BCUT2D eigenvalue weighted by Gasteiger charge is 2.31. The number of amides is 4. The van der Waals surface area contributed by atoms with E-state index >= 15 is 0 Å². The Kier molecular flexibility index (Phi) is 5.20. The van der Waals surface area contributed by atoms with Gasteiger partial charge in [0.25, 0.3) is 5.91 Å². The van der Waals surface area contributed by atoms with Crippen LogP contribution in [0.1, 0.15) is 36.7 Å². The first kappa shape index (κ1) is 19.0. The van der Waals surface area contributed by atoms with Gasteiger partial charge in [0, 0.05) is 25.1 Å². The summed E-state index contributed by atoms with van der Waals surface area (Å²) in [6.45, 7) is 3.03. The molecule has 2 aliphatic heterocycles. The van der Waals surface area contributed by atoms with Crippen molar-refractivity contribution in [1.29, 1.82) is 0 Å². The number of nitrogens with zero attached hydrogens (tertiary/aromatic N) is 2. The van der Waals surface area contributed by atoms with Crippen molar-refractivity contribution in [2.45, 2.75) is 45.2 Å². The average molecular weight is 397 g/mol. The molecule has 3 heterocycles. The second-order valence-corrected chi connectivity index (χ2v) is 7.19. The molecule has 0 aliphatic carbocycles. The molecule has 0 spiro atoms. The van der Waals surface area contributed by atoms with Crippen LogP contribution < -0.4 is 16.0 Å². The minimum atomic E-state index is -0.648. The Bertz CT molecular complexity index is 954. The zero-order valence-corrected chi connectivity index (χ0v) is 16.2. The molecule has 2 aliphatic rings. The maximum Gasteiger partial charge on any atom is 0.322 e. The normalized spacial score (nSPS) is 18.2. The Hall–Kier alpha value is -3.36. The third-order valence-electron chi connectivity index (χ3n) is 5.34. The van der Waals surface area contributed by atoms with Gasteiger partial charge in [0.2, 0.25) is 5.91 Å². The summed E-state index contributed by atoms with van der Waals surface area (Å²) >= 11 is 0. The summed E-state index contributed by atoms with van der Waals surface area (Å²) in [5.74, 6) is 0.961. The van der Waals surface area contributed by atoms with E-state index in [0.29, 0.717) is 25.3 Å². The fourth-order valence-electron chi connectivity index (χ4n) is 3.69. The molecule has 152 valence electrons. The zero-order chi connectivity index (χ0) is 20.4. The highest BCUT2D eigenvalue weighted by atomic mass is 16.5. The predicted octanol–water partition coefficient (Wildman–Crippen LogP) is 1.85. The number of para-hydroxylation sites is 1. The standard InChI is InChI=1S/C20H23N5O4/c1-2-12-5-3-4-6-14(12)21-18-13-11-25(10-9-16(13)29-24-18)17(26)8-7-15-19(27)23-20(28)22-15/h3-6,15H,2,7-11H2,1H3,(H,21,24)(H2,22,23,27,28)/t15-/m1/s1. The van der Waals surface area contributed by atoms with Crippen LogP contribution in [0.15, 0.2) is 28.8 Å². The zero-order valence-electron chi connectivity index (χ0n) is 16.2. The number of anilines is 2. The van der Waals surface area contributed by atoms with Crippen molar-refractivity contribution in [3.63, 3.8) is 0 Å². The van der Waals surface area contributed by atoms with E-state index in [2.05, 4.69) is 34.1 Å². The van der Waals surface area contributed by atoms with Crippen molar-refractivity contribution in [1.82, 2.24) is 20.7 Å². The van der Waals surface area contributed by atoms with Gasteiger partial charge in [-0.15, -0.1) is 0 Å². The minimum Gasteiger partial charge on any atom is -0.359 e. The molecule has 1 aromatic heterocycles. The number of aromatic nitrogens is 1. The Morgan fingerprint density at radius 2 is 2.17 bits per heavy atom. The van der Waals surface area contributed by atoms with Crippen LogP contribution >= 0.6 is 0 Å². The SMILES string of the molecule is CCc1ccccc1Nc1noc2c1CN(C(=O)CC[C@H]1NC(=O)NC1=O)CC2. The number of benzene rings is 1. The number of hydrogen-bond acceptors (Lipinski definition) is 6. The molecule has 0 saturated carbocycles. The first-order valence-electron chi connectivity index (χ1n) is 9.76. The van der Waals surface area contributed by atoms with E-state index in [4.69, 9.17) is 4.52 Å². The van der Waals surface area contributed by atoms with Crippen molar-refractivity contribution in [2.75, 3.05) is 11.9 Å². The second kappa shape index (κ2) is 7.94. The molecular formula is C20H23N5O4. The van der Waals surface area contributed by atoms with Gasteiger partial charge in [0.05, 0.1) is 12.1 Å². The van der Waals surface area contributed by atoms with Crippen LogP contribution in [0.4, 0.5) is 16.3 Å². The van der Waals surface area contributed by atoms with Crippen molar-refractivity contribution in [3.8, 4) is 0 Å². The smallest absolute Gasteiger partial charge is 0.322 e. The number of nitrogens with one attached hydrogen (secondary N) is 3. The van der Waals surface area contributed by atoms with Gasteiger partial charge in [-0.1, -0.05) is 30.3 Å². The minimum absolute atomic E-state index is 0.0642. The summed E-state index contributed by atoms with van der Waals surface area (Å²) in [6, 6.07) is 6.85. The van der Waals surface area contributed by atoms with Gasteiger partial charge in [-0.2, -0.15) is 0 Å². The highest BCUT2D eigenvalue weighted by Crippen LogP contribution is 2.30. The number of imide groups is 1. The topological polar surface area (TPSA) is 117 Å². The van der Waals surface area contributed by atoms with E-state index < -0.39 is 12.1 Å². The number of fused-ring (bicyclic) bond motifs is 1. The van der Waals surface area contributed by atoms with Crippen LogP contribution in [-0.2, 0) is 29.0 Å². The van der Waals surface area contributed by atoms with Crippen LogP contribution in [0.3, 0.4) is 0 Å². The van der Waals surface area contributed by atoms with E-state index in [0.717, 1.165) is 23.4 Å². The molecule has 4 rings (SSSR count). The van der Waals surface area contributed by atoms with Crippen molar-refractivity contribution in [2.24, 2.45) is 0 Å². The number of hydrogen-bond donors (Lipinski definition) is 3. The van der Waals surface area contributed by atoms with Gasteiger partial charge in [-0.05, 0) is 24.5 Å². The summed E-state index contributed by atoms with van der Waals surface area (Å²) in [7, 11) is 0. The molecule has 9 heteroatoms. The van der Waals surface area contributed by atoms with Crippen LogP contribution in [-0.4, -0.2) is 40.5 Å². The van der Waals surface area contributed by atoms with Gasteiger partial charge >= 0.3 is 6.03 Å². The monoisotopic (exact) mass is 397 g/mol. The summed E-state index contributed by atoms with van der Waals surface area (Å²) in [5, 5.41) is 12.2. The van der Waals surface area contributed by atoms with E-state index in [1.54, 1.807) is 4.90 Å². The third-order valence-corrected chi connectivity index (χ3v) is 5.34. The molecule has 1 fully saturated rings. The summed E-state index contributed by atoms with van der Waals surface area (Å²) in [5.41, 5.74) is 3.02. The first-order chi connectivity index (χ1) is 14.0. The van der Waals surface area contributed by atoms with Gasteiger partial charge in [0.15, 0.2) is 5.82 Å². The Labute approximate surface area is 167 Å². The second-order valence-electron chi connectivity index (χ2n) is 7.19. The van der Waals surface area contributed by atoms with Crippen molar-refractivity contribution in [3.05, 3.63) is 41.2 Å². The van der Waals surface area contributed by atoms with Crippen LogP contribution in [0.5, 0.6) is 0 Å². The molecule has 4 amide bonds. The first-order valence-corrected chi connectivity index (χ1v) is 9.76. The van der Waals surface area contributed by atoms with E-state index in [1.165, 1.54) is 5.56 Å². The van der Waals surface area contributed by atoms with Gasteiger partial charge in [0.1, 0.15) is 11.8 Å². The molecule has 2 aromatic rings. The molecule has 3 N–H and O–H groups in total. The van der Waals surface area contributed by atoms with Crippen LogP contribution in [0, 0.1) is 0 Å². The van der Waals surface area contributed by atoms with Crippen LogP contribution in [0.2, 0.25) is 0 Å². The number of carbonyl (C=O) groups excluding carboxylic acids is 3. The predicted molar refractivity (Wildman–Crippen MR) is 104 cm³/mol. The van der Waals surface area contributed by atoms with Gasteiger partial charge in [-0.3, -0.25) is 14.9 Å². The summed E-state index contributed by atoms with van der Waals surface area (Å²) in [6.07, 6.45) is 1.93. The molecule has 1 atom stereocenters. The fourth-order valence-corrected chi connectivity index (χ4v) is 3.69. The lowest BCUT2D eigenvalue weighted by Crippen LogP contribution is -2.37. The van der Waals surface area contributed by atoms with E-state index in [1.807, 2.05) is 18.2 Å². The number of rotatable bonds is 6. The molecular weight excluding hydrogens is 374 g/mol. The van der Waals surface area contributed by atoms with E-state index in [-0.39, 0.29) is 24.7 Å². The van der Waals surface area contributed by atoms with Gasteiger partial charge in [-0.25, -0.2) is 4.79 Å². The van der Waals surface area contributed by atoms with Gasteiger partial charge < -0.3 is 20.1 Å². The number of carbonyl (C=O) groups is 3. The summed E-state index contributed by atoms with van der Waals surface area (Å²) < 4.78 is 5.48. The summed E-state index contributed by atoms with van der Waals surface area (Å²) in [4.78, 5) is 37.2. The lowest BCUT2D eigenvalue weighted by Gasteiger charge is -2.26. The maximum atomic E-state index is 12.7. The van der Waals surface area contributed by atoms with Crippen molar-refractivity contribution < 1.29 is 18.9 Å². The largest absolute Gasteiger partial charge is 0.359 e. The Balaban J connectivity index is 1.41. The quantitative estimate of drug-likeness (QED) is 0.641. The fraction of sp³-hybridized carbons (Fsp3) is 0.400.